The van der Waals surface area contributed by atoms with E-state index in [9.17, 15) is 0 Å². The van der Waals surface area contributed by atoms with Crippen LogP contribution in [0.1, 0.15) is 38.0 Å². The summed E-state index contributed by atoms with van der Waals surface area (Å²) < 4.78 is 5.44. The lowest BCUT2D eigenvalue weighted by Crippen LogP contribution is -2.37. The Morgan fingerprint density at radius 1 is 1.21 bits per heavy atom. The molecule has 2 aromatic heterocycles. The topological polar surface area (TPSA) is 90.7 Å². The van der Waals surface area contributed by atoms with E-state index in [-0.39, 0.29) is 5.41 Å². The van der Waals surface area contributed by atoms with Gasteiger partial charge in [-0.3, -0.25) is 4.98 Å². The molecule has 1 saturated carbocycles. The van der Waals surface area contributed by atoms with Crippen LogP contribution in [0, 0.1) is 0 Å². The van der Waals surface area contributed by atoms with Crippen LogP contribution in [0.25, 0.3) is 11.5 Å². The van der Waals surface area contributed by atoms with Gasteiger partial charge in [0, 0.05) is 18.9 Å². The molecule has 2 N–H and O–H groups in total. The molecule has 3 rings (SSSR count). The second-order valence-electron chi connectivity index (χ2n) is 5.06. The van der Waals surface area contributed by atoms with E-state index in [1.165, 1.54) is 19.3 Å². The molecule has 6 heteroatoms. The zero-order valence-electron chi connectivity index (χ0n) is 10.7. The Kier molecular flexibility index (Phi) is 3.25. The molecule has 6 nitrogen and oxygen atoms in total. The van der Waals surface area contributed by atoms with Crippen molar-refractivity contribution in [3.8, 4) is 11.5 Å². The van der Waals surface area contributed by atoms with E-state index in [2.05, 4.69) is 20.1 Å². The Bertz CT molecular complexity index is 533. The highest BCUT2D eigenvalue weighted by Crippen LogP contribution is 2.38. The fourth-order valence-electron chi connectivity index (χ4n) is 2.69. The van der Waals surface area contributed by atoms with Crippen LogP contribution in [0.4, 0.5) is 0 Å². The van der Waals surface area contributed by atoms with E-state index in [1.54, 1.807) is 18.6 Å². The maximum absolute atomic E-state index is 5.96. The zero-order valence-corrected chi connectivity index (χ0v) is 10.7. The van der Waals surface area contributed by atoms with Crippen LogP contribution in [0.2, 0.25) is 0 Å². The van der Waals surface area contributed by atoms with Gasteiger partial charge in [-0.1, -0.05) is 24.4 Å². The Hall–Kier alpha value is -1.82. The molecule has 0 amide bonds. The van der Waals surface area contributed by atoms with Crippen LogP contribution in [0.15, 0.2) is 23.1 Å². The standard InChI is InChI=1S/C13H17N5O/c14-9-13(4-2-1-3-5-13)12-17-11(18-19-12)10-8-15-6-7-16-10/h6-8H,1-5,9,14H2. The largest absolute Gasteiger partial charge is 0.338 e. The van der Waals surface area contributed by atoms with Crippen LogP contribution in [-0.2, 0) is 5.41 Å². The summed E-state index contributed by atoms with van der Waals surface area (Å²) in [5.41, 5.74) is 6.44. The molecule has 0 unspecified atom stereocenters. The van der Waals surface area contributed by atoms with Gasteiger partial charge in [-0.2, -0.15) is 4.98 Å². The van der Waals surface area contributed by atoms with Gasteiger partial charge in [-0.25, -0.2) is 4.98 Å². The predicted molar refractivity (Wildman–Crippen MR) is 69.1 cm³/mol. The van der Waals surface area contributed by atoms with Crippen molar-refractivity contribution in [3.05, 3.63) is 24.5 Å². The lowest BCUT2D eigenvalue weighted by atomic mass is 9.74. The highest BCUT2D eigenvalue weighted by Gasteiger charge is 2.38. The van der Waals surface area contributed by atoms with Gasteiger partial charge in [0.25, 0.3) is 0 Å². The van der Waals surface area contributed by atoms with Crippen molar-refractivity contribution in [2.24, 2.45) is 5.73 Å². The first-order chi connectivity index (χ1) is 9.34. The Morgan fingerprint density at radius 3 is 2.74 bits per heavy atom. The number of hydrogen-bond acceptors (Lipinski definition) is 6. The number of aromatic nitrogens is 4. The van der Waals surface area contributed by atoms with Gasteiger partial charge >= 0.3 is 0 Å². The number of hydrogen-bond donors (Lipinski definition) is 1. The van der Waals surface area contributed by atoms with E-state index in [1.807, 2.05) is 0 Å². The Morgan fingerprint density at radius 2 is 2.05 bits per heavy atom. The van der Waals surface area contributed by atoms with E-state index >= 15 is 0 Å². The molecule has 0 aliphatic heterocycles. The van der Waals surface area contributed by atoms with Gasteiger partial charge in [0.05, 0.1) is 11.6 Å². The molecule has 2 heterocycles. The van der Waals surface area contributed by atoms with Crippen molar-refractivity contribution in [1.29, 1.82) is 0 Å². The molecule has 0 saturated heterocycles. The third-order valence-electron chi connectivity index (χ3n) is 3.87. The van der Waals surface area contributed by atoms with Crippen LogP contribution in [0.5, 0.6) is 0 Å². The maximum atomic E-state index is 5.96. The van der Waals surface area contributed by atoms with Gasteiger partial charge in [0.2, 0.25) is 11.7 Å². The minimum Gasteiger partial charge on any atom is -0.338 e. The summed E-state index contributed by atoms with van der Waals surface area (Å²) in [7, 11) is 0. The molecule has 2 aromatic rings. The Balaban J connectivity index is 1.92. The fourth-order valence-corrected chi connectivity index (χ4v) is 2.69. The fraction of sp³-hybridized carbons (Fsp3) is 0.538. The summed E-state index contributed by atoms with van der Waals surface area (Å²) in [6.07, 6.45) is 10.5. The third kappa shape index (κ3) is 2.23. The monoisotopic (exact) mass is 259 g/mol. The zero-order chi connectivity index (χ0) is 13.1. The van der Waals surface area contributed by atoms with Crippen LogP contribution in [0.3, 0.4) is 0 Å². The molecular weight excluding hydrogens is 242 g/mol. The van der Waals surface area contributed by atoms with E-state index in [4.69, 9.17) is 10.3 Å². The van der Waals surface area contributed by atoms with Crippen LogP contribution in [-0.4, -0.2) is 26.7 Å². The molecule has 19 heavy (non-hydrogen) atoms. The van der Waals surface area contributed by atoms with Crippen molar-refractivity contribution in [2.75, 3.05) is 6.54 Å². The van der Waals surface area contributed by atoms with Crippen molar-refractivity contribution in [1.82, 2.24) is 20.1 Å². The van der Waals surface area contributed by atoms with Gasteiger partial charge in [-0.15, -0.1) is 0 Å². The van der Waals surface area contributed by atoms with E-state index in [0.717, 1.165) is 12.8 Å². The van der Waals surface area contributed by atoms with Gasteiger partial charge in [0.1, 0.15) is 5.69 Å². The highest BCUT2D eigenvalue weighted by molar-refractivity contribution is 5.45. The van der Waals surface area contributed by atoms with Gasteiger partial charge in [-0.05, 0) is 12.8 Å². The molecule has 0 atom stereocenters. The van der Waals surface area contributed by atoms with Crippen molar-refractivity contribution < 1.29 is 4.52 Å². The molecule has 0 bridgehead atoms. The normalized spacial score (nSPS) is 18.4. The molecule has 0 radical (unpaired) electrons. The predicted octanol–water partition coefficient (Wildman–Crippen LogP) is 1.69. The second-order valence-corrected chi connectivity index (χ2v) is 5.06. The third-order valence-corrected chi connectivity index (χ3v) is 3.87. The summed E-state index contributed by atoms with van der Waals surface area (Å²) in [5.74, 6) is 1.14. The minimum absolute atomic E-state index is 0.147. The average Bonchev–Trinajstić information content (AvgIpc) is 2.99. The summed E-state index contributed by atoms with van der Waals surface area (Å²) in [6, 6.07) is 0. The summed E-state index contributed by atoms with van der Waals surface area (Å²) in [6.45, 7) is 0.551. The molecule has 1 aliphatic carbocycles. The Labute approximate surface area is 111 Å². The smallest absolute Gasteiger partial charge is 0.234 e. The van der Waals surface area contributed by atoms with Crippen molar-refractivity contribution in [3.63, 3.8) is 0 Å². The number of rotatable bonds is 3. The van der Waals surface area contributed by atoms with Gasteiger partial charge in [0.15, 0.2) is 0 Å². The molecule has 0 aromatic carbocycles. The number of nitrogens with zero attached hydrogens (tertiary/aromatic N) is 4. The number of nitrogens with two attached hydrogens (primary N) is 1. The quantitative estimate of drug-likeness (QED) is 0.901. The molecule has 1 fully saturated rings. The molecule has 100 valence electrons. The minimum atomic E-state index is -0.147. The lowest BCUT2D eigenvalue weighted by Gasteiger charge is -2.32. The average molecular weight is 259 g/mol. The highest BCUT2D eigenvalue weighted by atomic mass is 16.5. The summed E-state index contributed by atoms with van der Waals surface area (Å²) in [5, 5.41) is 4.01. The van der Waals surface area contributed by atoms with Gasteiger partial charge < -0.3 is 10.3 Å². The van der Waals surface area contributed by atoms with Crippen molar-refractivity contribution in [2.45, 2.75) is 37.5 Å². The molecular formula is C13H17N5O. The first kappa shape index (κ1) is 12.2. The van der Waals surface area contributed by atoms with Crippen LogP contribution < -0.4 is 5.73 Å². The van der Waals surface area contributed by atoms with Crippen molar-refractivity contribution >= 4 is 0 Å². The SMILES string of the molecule is NCC1(c2nc(-c3cnccn3)no2)CCCCC1. The lowest BCUT2D eigenvalue weighted by molar-refractivity contribution is 0.220. The summed E-state index contributed by atoms with van der Waals surface area (Å²) in [4.78, 5) is 12.7. The summed E-state index contributed by atoms with van der Waals surface area (Å²) >= 11 is 0. The first-order valence-electron chi connectivity index (χ1n) is 6.65. The van der Waals surface area contributed by atoms with E-state index in [0.29, 0.717) is 24.0 Å². The molecule has 0 spiro atoms. The van der Waals surface area contributed by atoms with E-state index < -0.39 is 0 Å². The van der Waals surface area contributed by atoms with Crippen LogP contribution >= 0.6 is 0 Å². The first-order valence-corrected chi connectivity index (χ1v) is 6.65. The maximum Gasteiger partial charge on any atom is 0.234 e. The molecule has 1 aliphatic rings. The second kappa shape index (κ2) is 5.05.